The van der Waals surface area contributed by atoms with Crippen LogP contribution in [-0.2, 0) is 0 Å². The molecule has 0 radical (unpaired) electrons. The number of hydrogen-bond donors (Lipinski definition) is 0. The maximum Gasteiger partial charge on any atom is -0.0386 e. The number of hydrogen-bond acceptors (Lipinski definition) is 0. The average Bonchev–Trinajstić information content (AvgIpc) is 2.65. The van der Waals surface area contributed by atoms with Crippen LogP contribution in [0.3, 0.4) is 0 Å². The molecule has 0 N–H and O–H groups in total. The Hall–Kier alpha value is 0. The molecule has 0 spiro atoms. The van der Waals surface area contributed by atoms with Gasteiger partial charge in [0.25, 0.3) is 0 Å². The van der Waals surface area contributed by atoms with Crippen LogP contribution in [0.5, 0.6) is 0 Å². The monoisotopic (exact) mass is 366 g/mol. The lowest BCUT2D eigenvalue weighted by Gasteiger charge is -2.27. The van der Waals surface area contributed by atoms with Gasteiger partial charge in [-0.3, -0.25) is 0 Å². The predicted molar refractivity (Wildman–Crippen MR) is 122 cm³/mol. The highest BCUT2D eigenvalue weighted by molar-refractivity contribution is 4.70. The van der Waals surface area contributed by atoms with Crippen LogP contribution in [0.2, 0.25) is 0 Å². The molecule has 2 unspecified atom stereocenters. The summed E-state index contributed by atoms with van der Waals surface area (Å²) >= 11 is 0. The van der Waals surface area contributed by atoms with Crippen molar-refractivity contribution in [3.05, 3.63) is 0 Å². The first-order valence-corrected chi connectivity index (χ1v) is 12.8. The molecule has 0 aromatic rings. The zero-order chi connectivity index (χ0) is 19.3. The molecule has 0 heterocycles. The Morgan fingerprint density at radius 3 is 1.04 bits per heavy atom. The van der Waals surface area contributed by atoms with Crippen molar-refractivity contribution in [2.45, 2.75) is 156 Å². The normalized spacial score (nSPS) is 13.8. The van der Waals surface area contributed by atoms with Crippen LogP contribution >= 0.6 is 0 Å². The third-order valence-corrected chi connectivity index (χ3v) is 6.34. The van der Waals surface area contributed by atoms with Crippen LogP contribution in [0.15, 0.2) is 0 Å². The largest absolute Gasteiger partial charge is 0.0654 e. The molecule has 0 fully saturated rings. The van der Waals surface area contributed by atoms with E-state index in [-0.39, 0.29) is 0 Å². The molecule has 26 heavy (non-hydrogen) atoms. The quantitative estimate of drug-likeness (QED) is 0.177. The highest BCUT2D eigenvalue weighted by Gasteiger charge is 2.19. The van der Waals surface area contributed by atoms with Crippen molar-refractivity contribution in [1.82, 2.24) is 0 Å². The van der Waals surface area contributed by atoms with E-state index in [1.165, 1.54) is 128 Å². The molecular weight excluding hydrogens is 312 g/mol. The van der Waals surface area contributed by atoms with Crippen LogP contribution in [0.4, 0.5) is 0 Å². The molecule has 0 aromatic heterocycles. The lowest BCUT2D eigenvalue weighted by atomic mass is 9.79. The SMILES string of the molecule is CCCCCCCCCCCCCCC(CCC)C(CCC)CCCC. The fraction of sp³-hybridized carbons (Fsp3) is 1.00. The number of unbranched alkanes of at least 4 members (excludes halogenated alkanes) is 12. The lowest BCUT2D eigenvalue weighted by Crippen LogP contribution is -2.15. The summed E-state index contributed by atoms with van der Waals surface area (Å²) in [5.74, 6) is 2.04. The molecular formula is C26H54. The van der Waals surface area contributed by atoms with Gasteiger partial charge >= 0.3 is 0 Å². The van der Waals surface area contributed by atoms with E-state index in [1.54, 1.807) is 0 Å². The van der Waals surface area contributed by atoms with Gasteiger partial charge in [-0.25, -0.2) is 0 Å². The summed E-state index contributed by atoms with van der Waals surface area (Å²) in [5.41, 5.74) is 0. The molecule has 0 saturated heterocycles. The van der Waals surface area contributed by atoms with Gasteiger partial charge in [-0.2, -0.15) is 0 Å². The first kappa shape index (κ1) is 26.0. The second-order valence-corrected chi connectivity index (χ2v) is 8.92. The molecule has 158 valence electrons. The molecule has 0 nitrogen and oxygen atoms in total. The summed E-state index contributed by atoms with van der Waals surface area (Å²) in [4.78, 5) is 0. The minimum absolute atomic E-state index is 1.02. The van der Waals surface area contributed by atoms with Crippen LogP contribution in [-0.4, -0.2) is 0 Å². The Kier molecular flexibility index (Phi) is 21.3. The molecule has 0 rings (SSSR count). The highest BCUT2D eigenvalue weighted by Crippen LogP contribution is 2.31. The molecule has 0 amide bonds. The Morgan fingerprint density at radius 1 is 0.308 bits per heavy atom. The van der Waals surface area contributed by atoms with Gasteiger partial charge < -0.3 is 0 Å². The van der Waals surface area contributed by atoms with Crippen molar-refractivity contribution < 1.29 is 0 Å². The molecule has 0 aromatic carbocycles. The highest BCUT2D eigenvalue weighted by atomic mass is 14.2. The maximum absolute atomic E-state index is 2.39. The molecule has 0 aliphatic heterocycles. The van der Waals surface area contributed by atoms with Gasteiger partial charge in [0, 0.05) is 0 Å². The molecule has 0 aliphatic carbocycles. The summed E-state index contributed by atoms with van der Waals surface area (Å²) in [7, 11) is 0. The predicted octanol–water partition coefficient (Wildman–Crippen LogP) is 10.1. The number of rotatable bonds is 21. The third kappa shape index (κ3) is 16.2. The van der Waals surface area contributed by atoms with Gasteiger partial charge in [0.2, 0.25) is 0 Å². The van der Waals surface area contributed by atoms with Gasteiger partial charge in [0.05, 0.1) is 0 Å². The Balaban J connectivity index is 3.69. The van der Waals surface area contributed by atoms with Crippen molar-refractivity contribution in [3.63, 3.8) is 0 Å². The molecule has 0 aliphatic rings. The Morgan fingerprint density at radius 2 is 0.654 bits per heavy atom. The van der Waals surface area contributed by atoms with Crippen LogP contribution < -0.4 is 0 Å². The van der Waals surface area contributed by atoms with Crippen LogP contribution in [0.1, 0.15) is 156 Å². The minimum Gasteiger partial charge on any atom is -0.0654 e. The van der Waals surface area contributed by atoms with Gasteiger partial charge in [-0.05, 0) is 11.8 Å². The minimum atomic E-state index is 1.02. The van der Waals surface area contributed by atoms with Crippen molar-refractivity contribution in [3.8, 4) is 0 Å². The van der Waals surface area contributed by atoms with E-state index in [0.29, 0.717) is 0 Å². The molecule has 0 heteroatoms. The molecule has 0 saturated carbocycles. The van der Waals surface area contributed by atoms with Crippen LogP contribution in [0.25, 0.3) is 0 Å². The van der Waals surface area contributed by atoms with Gasteiger partial charge in [-0.1, -0.05) is 156 Å². The summed E-state index contributed by atoms with van der Waals surface area (Å²) in [5, 5.41) is 0. The maximum atomic E-state index is 2.39. The topological polar surface area (TPSA) is 0 Å². The summed E-state index contributed by atoms with van der Waals surface area (Å²) in [6, 6.07) is 0. The van der Waals surface area contributed by atoms with Crippen molar-refractivity contribution >= 4 is 0 Å². The van der Waals surface area contributed by atoms with Gasteiger partial charge in [0.1, 0.15) is 0 Å². The van der Waals surface area contributed by atoms with E-state index in [2.05, 4.69) is 27.7 Å². The van der Waals surface area contributed by atoms with Crippen LogP contribution in [0, 0.1) is 11.8 Å². The molecule has 0 bridgehead atoms. The van der Waals surface area contributed by atoms with E-state index in [1.807, 2.05) is 0 Å². The van der Waals surface area contributed by atoms with Crippen molar-refractivity contribution in [1.29, 1.82) is 0 Å². The fourth-order valence-corrected chi connectivity index (χ4v) is 4.69. The fourth-order valence-electron chi connectivity index (χ4n) is 4.69. The summed E-state index contributed by atoms with van der Waals surface area (Å²) in [6.07, 6.45) is 29.2. The Bertz CT molecular complexity index is 244. The second kappa shape index (κ2) is 21.3. The lowest BCUT2D eigenvalue weighted by molar-refractivity contribution is 0.247. The second-order valence-electron chi connectivity index (χ2n) is 8.92. The van der Waals surface area contributed by atoms with E-state index in [9.17, 15) is 0 Å². The standard InChI is InChI=1S/C26H54/c1-5-9-11-12-13-14-15-16-17-18-19-20-24-26(22-8-4)25(21-7-3)23-10-6-2/h25-26H,5-24H2,1-4H3. The summed E-state index contributed by atoms with van der Waals surface area (Å²) < 4.78 is 0. The van der Waals surface area contributed by atoms with Gasteiger partial charge in [0.15, 0.2) is 0 Å². The van der Waals surface area contributed by atoms with Crippen molar-refractivity contribution in [2.24, 2.45) is 11.8 Å². The van der Waals surface area contributed by atoms with E-state index in [0.717, 1.165) is 11.8 Å². The zero-order valence-corrected chi connectivity index (χ0v) is 19.3. The first-order chi connectivity index (χ1) is 12.8. The van der Waals surface area contributed by atoms with Crippen molar-refractivity contribution in [2.75, 3.05) is 0 Å². The summed E-state index contributed by atoms with van der Waals surface area (Å²) in [6.45, 7) is 9.42. The van der Waals surface area contributed by atoms with E-state index < -0.39 is 0 Å². The van der Waals surface area contributed by atoms with E-state index in [4.69, 9.17) is 0 Å². The first-order valence-electron chi connectivity index (χ1n) is 12.8. The third-order valence-electron chi connectivity index (χ3n) is 6.34. The smallest absolute Gasteiger partial charge is 0.0386 e. The zero-order valence-electron chi connectivity index (χ0n) is 19.3. The molecule has 2 atom stereocenters. The Labute approximate surface area is 168 Å². The average molecular weight is 367 g/mol. The van der Waals surface area contributed by atoms with Gasteiger partial charge in [-0.15, -0.1) is 0 Å². The van der Waals surface area contributed by atoms with E-state index >= 15 is 0 Å².